The molecule has 1 aliphatic carbocycles. The van der Waals surface area contributed by atoms with Gasteiger partial charge < -0.3 is 5.32 Å². The lowest BCUT2D eigenvalue weighted by Gasteiger charge is -2.42. The molecule has 0 bridgehead atoms. The van der Waals surface area contributed by atoms with Crippen LogP contribution in [0.2, 0.25) is 5.02 Å². The maximum atomic E-state index is 12.2. The van der Waals surface area contributed by atoms with E-state index in [2.05, 4.69) is 34.8 Å². The highest BCUT2D eigenvalue weighted by Crippen LogP contribution is 2.35. The fourth-order valence-electron chi connectivity index (χ4n) is 2.15. The number of halogens is 2. The lowest BCUT2D eigenvalue weighted by Crippen LogP contribution is -2.53. The zero-order valence-corrected chi connectivity index (χ0v) is 12.6. The van der Waals surface area contributed by atoms with Crippen LogP contribution >= 0.6 is 34.2 Å². The first-order chi connectivity index (χ1) is 8.06. The van der Waals surface area contributed by atoms with Gasteiger partial charge in [0.25, 0.3) is 5.91 Å². The topological polar surface area (TPSA) is 29.1 Å². The van der Waals surface area contributed by atoms with Gasteiger partial charge in [-0.2, -0.15) is 0 Å². The summed E-state index contributed by atoms with van der Waals surface area (Å²) < 4.78 is 0.940. The second-order valence-corrected chi connectivity index (χ2v) is 6.16. The highest BCUT2D eigenvalue weighted by atomic mass is 127. The quantitative estimate of drug-likeness (QED) is 0.808. The van der Waals surface area contributed by atoms with Crippen molar-refractivity contribution in [1.82, 2.24) is 5.32 Å². The number of hydrogen-bond donors (Lipinski definition) is 1. The minimum Gasteiger partial charge on any atom is -0.347 e. The van der Waals surface area contributed by atoms with Gasteiger partial charge in [0.2, 0.25) is 0 Å². The van der Waals surface area contributed by atoms with E-state index in [1.165, 1.54) is 6.42 Å². The highest BCUT2D eigenvalue weighted by Gasteiger charge is 2.36. The third-order valence-corrected chi connectivity index (χ3v) is 4.71. The summed E-state index contributed by atoms with van der Waals surface area (Å²) in [4.78, 5) is 12.2. The monoisotopic (exact) mass is 363 g/mol. The SMILES string of the molecule is CCC1(NC(=O)c2cc(Cl)ccc2I)CCC1. The van der Waals surface area contributed by atoms with Gasteiger partial charge in [-0.1, -0.05) is 18.5 Å². The lowest BCUT2D eigenvalue weighted by molar-refractivity contribution is 0.0819. The molecule has 0 radical (unpaired) electrons. The molecule has 92 valence electrons. The van der Waals surface area contributed by atoms with Gasteiger partial charge in [0.1, 0.15) is 0 Å². The van der Waals surface area contributed by atoms with Crippen LogP contribution in [0.5, 0.6) is 0 Å². The van der Waals surface area contributed by atoms with Crippen molar-refractivity contribution in [2.75, 3.05) is 0 Å². The third-order valence-electron chi connectivity index (χ3n) is 3.54. The van der Waals surface area contributed by atoms with Crippen LogP contribution in [0.4, 0.5) is 0 Å². The Balaban J connectivity index is 2.17. The number of carbonyl (C=O) groups is 1. The number of rotatable bonds is 3. The molecule has 0 aromatic heterocycles. The predicted octanol–water partition coefficient (Wildman–Crippen LogP) is 4.01. The molecule has 1 fully saturated rings. The number of hydrogen-bond acceptors (Lipinski definition) is 1. The van der Waals surface area contributed by atoms with Gasteiger partial charge in [0.05, 0.1) is 5.56 Å². The average molecular weight is 364 g/mol. The maximum absolute atomic E-state index is 12.2. The number of nitrogens with one attached hydrogen (secondary N) is 1. The molecule has 0 atom stereocenters. The van der Waals surface area contributed by atoms with E-state index in [9.17, 15) is 4.79 Å². The molecule has 1 N–H and O–H groups in total. The van der Waals surface area contributed by atoms with E-state index in [1.807, 2.05) is 6.07 Å². The standard InChI is InChI=1S/C13H15ClINO/c1-2-13(6-3-7-13)16-12(17)10-8-9(14)4-5-11(10)15/h4-5,8H,2-3,6-7H2,1H3,(H,16,17). The summed E-state index contributed by atoms with van der Waals surface area (Å²) >= 11 is 8.10. The van der Waals surface area contributed by atoms with E-state index in [1.54, 1.807) is 12.1 Å². The zero-order chi connectivity index (χ0) is 12.5. The van der Waals surface area contributed by atoms with Crippen molar-refractivity contribution in [2.24, 2.45) is 0 Å². The molecule has 1 amide bonds. The Labute approximate surface area is 120 Å². The fourth-order valence-corrected chi connectivity index (χ4v) is 2.90. The van der Waals surface area contributed by atoms with Gasteiger partial charge in [0.15, 0.2) is 0 Å². The zero-order valence-electron chi connectivity index (χ0n) is 9.72. The minimum absolute atomic E-state index is 0.00144. The smallest absolute Gasteiger partial charge is 0.252 e. The van der Waals surface area contributed by atoms with Crippen molar-refractivity contribution >= 4 is 40.1 Å². The van der Waals surface area contributed by atoms with Crippen molar-refractivity contribution in [3.63, 3.8) is 0 Å². The second-order valence-electron chi connectivity index (χ2n) is 4.57. The Morgan fingerprint density at radius 1 is 1.53 bits per heavy atom. The van der Waals surface area contributed by atoms with Crippen LogP contribution in [0.3, 0.4) is 0 Å². The van der Waals surface area contributed by atoms with Gasteiger partial charge in [-0.05, 0) is 66.5 Å². The molecule has 0 heterocycles. The van der Waals surface area contributed by atoms with Crippen LogP contribution in [0.1, 0.15) is 43.0 Å². The number of carbonyl (C=O) groups excluding carboxylic acids is 1. The van der Waals surface area contributed by atoms with E-state index in [4.69, 9.17) is 11.6 Å². The normalized spacial score (nSPS) is 17.4. The third kappa shape index (κ3) is 2.76. The summed E-state index contributed by atoms with van der Waals surface area (Å²) in [5.74, 6) is -0.00144. The molecule has 1 aliphatic rings. The Morgan fingerprint density at radius 2 is 2.24 bits per heavy atom. The summed E-state index contributed by atoms with van der Waals surface area (Å²) in [6.07, 6.45) is 4.38. The summed E-state index contributed by atoms with van der Waals surface area (Å²) in [5, 5.41) is 3.77. The molecule has 17 heavy (non-hydrogen) atoms. The Bertz CT molecular complexity index is 438. The molecule has 2 nitrogen and oxygen atoms in total. The van der Waals surface area contributed by atoms with Crippen LogP contribution < -0.4 is 5.32 Å². The van der Waals surface area contributed by atoms with E-state index in [0.717, 1.165) is 22.8 Å². The largest absolute Gasteiger partial charge is 0.347 e. The maximum Gasteiger partial charge on any atom is 0.252 e. The van der Waals surface area contributed by atoms with Gasteiger partial charge in [-0.15, -0.1) is 0 Å². The Hall–Kier alpha value is -0.290. The summed E-state index contributed by atoms with van der Waals surface area (Å²) in [6, 6.07) is 5.41. The van der Waals surface area contributed by atoms with Crippen molar-refractivity contribution in [2.45, 2.75) is 38.1 Å². The first-order valence-corrected chi connectivity index (χ1v) is 7.29. The molecular weight excluding hydrogens is 349 g/mol. The second kappa shape index (κ2) is 5.14. The number of amides is 1. The van der Waals surface area contributed by atoms with Crippen LogP contribution in [-0.4, -0.2) is 11.4 Å². The van der Waals surface area contributed by atoms with Crippen molar-refractivity contribution in [3.05, 3.63) is 32.4 Å². The van der Waals surface area contributed by atoms with Crippen molar-refractivity contribution < 1.29 is 4.79 Å². The molecule has 1 aromatic carbocycles. The van der Waals surface area contributed by atoms with Crippen LogP contribution in [0.25, 0.3) is 0 Å². The molecule has 0 unspecified atom stereocenters. The minimum atomic E-state index is -0.00144. The fraction of sp³-hybridized carbons (Fsp3) is 0.462. The molecular formula is C13H15ClINO. The van der Waals surface area contributed by atoms with Gasteiger partial charge in [-0.25, -0.2) is 0 Å². The molecule has 0 spiro atoms. The highest BCUT2D eigenvalue weighted by molar-refractivity contribution is 14.1. The molecule has 1 saturated carbocycles. The van der Waals surface area contributed by atoms with Gasteiger partial charge >= 0.3 is 0 Å². The Kier molecular flexibility index (Phi) is 3.98. The van der Waals surface area contributed by atoms with Crippen molar-refractivity contribution in [1.29, 1.82) is 0 Å². The molecule has 0 saturated heterocycles. The average Bonchev–Trinajstić information content (AvgIpc) is 2.26. The van der Waals surface area contributed by atoms with Gasteiger partial charge in [-0.3, -0.25) is 4.79 Å². The first kappa shape index (κ1) is 13.1. The van der Waals surface area contributed by atoms with Crippen LogP contribution in [0, 0.1) is 3.57 Å². The Morgan fingerprint density at radius 3 is 2.76 bits per heavy atom. The first-order valence-electron chi connectivity index (χ1n) is 5.84. The van der Waals surface area contributed by atoms with E-state index < -0.39 is 0 Å². The molecule has 2 rings (SSSR count). The summed E-state index contributed by atoms with van der Waals surface area (Å²) in [5.41, 5.74) is 0.709. The molecule has 0 aliphatic heterocycles. The van der Waals surface area contributed by atoms with E-state index in [-0.39, 0.29) is 11.4 Å². The number of benzene rings is 1. The van der Waals surface area contributed by atoms with E-state index in [0.29, 0.717) is 10.6 Å². The van der Waals surface area contributed by atoms with Crippen LogP contribution in [0.15, 0.2) is 18.2 Å². The summed E-state index contributed by atoms with van der Waals surface area (Å²) in [6.45, 7) is 2.13. The van der Waals surface area contributed by atoms with Crippen LogP contribution in [-0.2, 0) is 0 Å². The van der Waals surface area contributed by atoms with E-state index >= 15 is 0 Å². The predicted molar refractivity (Wildman–Crippen MR) is 78.5 cm³/mol. The lowest BCUT2D eigenvalue weighted by atomic mass is 9.74. The van der Waals surface area contributed by atoms with Crippen molar-refractivity contribution in [3.8, 4) is 0 Å². The van der Waals surface area contributed by atoms with Gasteiger partial charge in [0, 0.05) is 14.1 Å². The molecule has 4 heteroatoms. The summed E-state index contributed by atoms with van der Waals surface area (Å²) in [7, 11) is 0. The molecule has 1 aromatic rings.